The Morgan fingerprint density at radius 3 is 2.51 bits per heavy atom. The Labute approximate surface area is 204 Å². The largest absolute Gasteiger partial charge is 0.489 e. The van der Waals surface area contributed by atoms with Crippen LogP contribution in [0.25, 0.3) is 33.4 Å². The molecule has 0 radical (unpaired) electrons. The molecule has 4 heterocycles. The first kappa shape index (κ1) is 21.8. The van der Waals surface area contributed by atoms with Crippen LogP contribution < -0.4 is 15.0 Å². The summed E-state index contributed by atoms with van der Waals surface area (Å²) in [5.41, 5.74) is 7.04. The van der Waals surface area contributed by atoms with Gasteiger partial charge in [-0.25, -0.2) is 0 Å². The van der Waals surface area contributed by atoms with Crippen molar-refractivity contribution in [3.63, 3.8) is 0 Å². The number of hydrogen-bond donors (Lipinski definition) is 3. The molecule has 2 fully saturated rings. The van der Waals surface area contributed by atoms with E-state index in [1.54, 1.807) is 0 Å². The van der Waals surface area contributed by atoms with E-state index in [1.165, 1.54) is 5.69 Å². The van der Waals surface area contributed by atoms with E-state index in [1.807, 2.05) is 24.4 Å². The van der Waals surface area contributed by atoms with Gasteiger partial charge in [-0.2, -0.15) is 5.26 Å². The zero-order chi connectivity index (χ0) is 23.6. The van der Waals surface area contributed by atoms with Crippen molar-refractivity contribution >= 4 is 16.7 Å². The summed E-state index contributed by atoms with van der Waals surface area (Å²) in [6.07, 6.45) is 4.08. The number of nitriles is 1. The minimum absolute atomic E-state index is 0.162. The van der Waals surface area contributed by atoms with Gasteiger partial charge in [-0.3, -0.25) is 0 Å². The van der Waals surface area contributed by atoms with Crippen molar-refractivity contribution in [1.82, 2.24) is 15.3 Å². The van der Waals surface area contributed by atoms with Gasteiger partial charge in [-0.15, -0.1) is 0 Å². The molecule has 0 atom stereocenters. The molecule has 0 saturated carbocycles. The van der Waals surface area contributed by atoms with Crippen molar-refractivity contribution in [3.05, 3.63) is 60.3 Å². The molecule has 2 aliphatic rings. The van der Waals surface area contributed by atoms with Crippen molar-refractivity contribution in [2.75, 3.05) is 44.3 Å². The molecule has 6 rings (SSSR count). The van der Waals surface area contributed by atoms with Crippen LogP contribution in [0.5, 0.6) is 5.75 Å². The molecular weight excluding hydrogens is 438 g/mol. The smallest absolute Gasteiger partial charge is 0.137 e. The number of morpholine rings is 1. The first-order chi connectivity index (χ1) is 17.3. The van der Waals surface area contributed by atoms with Crippen molar-refractivity contribution < 1.29 is 9.47 Å². The SMILES string of the molecule is N#Cc1cc(-c2c[nH]c3[nH]c(-c4ccc(N5CCOCC5)cc4)cc23)ccc1OC1CCNCC1. The van der Waals surface area contributed by atoms with Gasteiger partial charge in [0.2, 0.25) is 0 Å². The number of fused-ring (bicyclic) bond motifs is 1. The minimum Gasteiger partial charge on any atom is -0.489 e. The second-order valence-electron chi connectivity index (χ2n) is 9.21. The molecular formula is C28H29N5O2. The van der Waals surface area contributed by atoms with Crippen LogP contribution in [0.15, 0.2) is 54.7 Å². The first-order valence-electron chi connectivity index (χ1n) is 12.3. The number of aromatic amines is 2. The van der Waals surface area contributed by atoms with Crippen LogP contribution in [0.4, 0.5) is 5.69 Å². The molecule has 7 heteroatoms. The van der Waals surface area contributed by atoms with E-state index in [-0.39, 0.29) is 6.10 Å². The summed E-state index contributed by atoms with van der Waals surface area (Å²) >= 11 is 0. The van der Waals surface area contributed by atoms with Crippen LogP contribution in [0.3, 0.4) is 0 Å². The molecule has 0 unspecified atom stereocenters. The Morgan fingerprint density at radius 1 is 0.971 bits per heavy atom. The molecule has 0 spiro atoms. The van der Waals surface area contributed by atoms with Crippen molar-refractivity contribution in [1.29, 1.82) is 5.26 Å². The fourth-order valence-electron chi connectivity index (χ4n) is 5.05. The third kappa shape index (κ3) is 4.39. The van der Waals surface area contributed by atoms with Crippen LogP contribution in [0, 0.1) is 11.3 Å². The predicted octanol–water partition coefficient (Wildman–Crippen LogP) is 4.67. The monoisotopic (exact) mass is 467 g/mol. The van der Waals surface area contributed by atoms with Crippen LogP contribution in [-0.2, 0) is 4.74 Å². The maximum atomic E-state index is 9.79. The fourth-order valence-corrected chi connectivity index (χ4v) is 5.05. The molecule has 7 nitrogen and oxygen atoms in total. The van der Waals surface area contributed by atoms with E-state index in [9.17, 15) is 5.26 Å². The molecule has 0 aliphatic carbocycles. The molecule has 3 N–H and O–H groups in total. The molecule has 0 amide bonds. The van der Waals surface area contributed by atoms with Gasteiger partial charge in [0, 0.05) is 41.6 Å². The lowest BCUT2D eigenvalue weighted by atomic mass is 10.0. The summed E-state index contributed by atoms with van der Waals surface area (Å²) in [5, 5.41) is 14.2. The molecule has 2 aliphatic heterocycles. The lowest BCUT2D eigenvalue weighted by molar-refractivity contribution is 0.122. The number of benzene rings is 2. The maximum absolute atomic E-state index is 9.79. The van der Waals surface area contributed by atoms with Crippen LogP contribution in [-0.4, -0.2) is 55.5 Å². The lowest BCUT2D eigenvalue weighted by Gasteiger charge is -2.28. The van der Waals surface area contributed by atoms with Gasteiger partial charge in [0.1, 0.15) is 23.6 Å². The van der Waals surface area contributed by atoms with Gasteiger partial charge in [-0.05, 0) is 67.4 Å². The number of anilines is 1. The second kappa shape index (κ2) is 9.49. The highest BCUT2D eigenvalue weighted by molar-refractivity contribution is 5.97. The predicted molar refractivity (Wildman–Crippen MR) is 138 cm³/mol. The van der Waals surface area contributed by atoms with Crippen LogP contribution >= 0.6 is 0 Å². The topological polar surface area (TPSA) is 89.1 Å². The van der Waals surface area contributed by atoms with E-state index in [0.29, 0.717) is 11.3 Å². The summed E-state index contributed by atoms with van der Waals surface area (Å²) in [4.78, 5) is 9.23. The zero-order valence-corrected chi connectivity index (χ0v) is 19.6. The van der Waals surface area contributed by atoms with Crippen LogP contribution in [0.1, 0.15) is 18.4 Å². The molecule has 0 bridgehead atoms. The number of ether oxygens (including phenoxy) is 2. The van der Waals surface area contributed by atoms with E-state index in [2.05, 4.69) is 56.6 Å². The second-order valence-corrected chi connectivity index (χ2v) is 9.21. The summed E-state index contributed by atoms with van der Waals surface area (Å²) in [5.74, 6) is 0.671. The number of hydrogen-bond acceptors (Lipinski definition) is 5. The number of H-pyrrole nitrogens is 2. The van der Waals surface area contributed by atoms with E-state index >= 15 is 0 Å². The molecule has 2 saturated heterocycles. The Balaban J connectivity index is 1.25. The Bertz CT molecular complexity index is 1350. The Kier molecular flexibility index (Phi) is 5.91. The van der Waals surface area contributed by atoms with E-state index < -0.39 is 0 Å². The third-order valence-corrected chi connectivity index (χ3v) is 7.01. The van der Waals surface area contributed by atoms with Gasteiger partial charge in [0.05, 0.1) is 18.8 Å². The van der Waals surface area contributed by atoms with Gasteiger partial charge >= 0.3 is 0 Å². The quantitative estimate of drug-likeness (QED) is 0.397. The highest BCUT2D eigenvalue weighted by Gasteiger charge is 2.18. The third-order valence-electron chi connectivity index (χ3n) is 7.01. The zero-order valence-electron chi connectivity index (χ0n) is 19.6. The van der Waals surface area contributed by atoms with Crippen LogP contribution in [0.2, 0.25) is 0 Å². The van der Waals surface area contributed by atoms with Gasteiger partial charge in [0.25, 0.3) is 0 Å². The Hall–Kier alpha value is -3.73. The van der Waals surface area contributed by atoms with Gasteiger partial charge < -0.3 is 29.7 Å². The summed E-state index contributed by atoms with van der Waals surface area (Å²) in [7, 11) is 0. The molecule has 2 aromatic heterocycles. The maximum Gasteiger partial charge on any atom is 0.137 e. The van der Waals surface area contributed by atoms with Crippen molar-refractivity contribution in [2.24, 2.45) is 0 Å². The highest BCUT2D eigenvalue weighted by atomic mass is 16.5. The van der Waals surface area contributed by atoms with Gasteiger partial charge in [-0.1, -0.05) is 18.2 Å². The standard InChI is InChI=1S/C28H29N5O2/c29-17-21-15-20(3-6-27(21)35-23-7-9-30-10-8-23)25-18-31-28-24(25)16-26(32-28)19-1-4-22(5-2-19)33-11-13-34-14-12-33/h1-6,15-16,18,23,30-32H,7-14H2. The normalized spacial score (nSPS) is 16.9. The molecule has 35 heavy (non-hydrogen) atoms. The summed E-state index contributed by atoms with van der Waals surface area (Å²) in [6, 6.07) is 19.1. The number of nitrogens with zero attached hydrogens (tertiary/aromatic N) is 2. The fraction of sp³-hybridized carbons (Fsp3) is 0.321. The van der Waals surface area contributed by atoms with E-state index in [4.69, 9.17) is 9.47 Å². The molecule has 2 aromatic carbocycles. The van der Waals surface area contributed by atoms with Gasteiger partial charge in [0.15, 0.2) is 0 Å². The summed E-state index contributed by atoms with van der Waals surface area (Å²) < 4.78 is 11.6. The Morgan fingerprint density at radius 2 is 1.74 bits per heavy atom. The first-order valence-corrected chi connectivity index (χ1v) is 12.3. The highest BCUT2D eigenvalue weighted by Crippen LogP contribution is 2.35. The van der Waals surface area contributed by atoms with Crippen molar-refractivity contribution in [3.8, 4) is 34.2 Å². The molecule has 178 valence electrons. The van der Waals surface area contributed by atoms with E-state index in [0.717, 1.165) is 85.7 Å². The number of piperidine rings is 1. The number of nitrogens with one attached hydrogen (secondary N) is 3. The summed E-state index contributed by atoms with van der Waals surface area (Å²) in [6.45, 7) is 5.34. The number of rotatable bonds is 5. The molecule has 4 aromatic rings. The van der Waals surface area contributed by atoms with Crippen molar-refractivity contribution in [2.45, 2.75) is 18.9 Å². The number of aromatic nitrogens is 2. The average Bonchev–Trinajstić information content (AvgIpc) is 3.52. The minimum atomic E-state index is 0.162. The average molecular weight is 468 g/mol. The lowest BCUT2D eigenvalue weighted by Crippen LogP contribution is -2.36.